The Morgan fingerprint density at radius 3 is 2.29 bits per heavy atom. The van der Waals surface area contributed by atoms with E-state index < -0.39 is 0 Å². The van der Waals surface area contributed by atoms with Gasteiger partial charge in [0, 0.05) is 0 Å². The molecule has 0 radical (unpaired) electrons. The van der Waals surface area contributed by atoms with Crippen LogP contribution in [-0.2, 0) is 0 Å². The van der Waals surface area contributed by atoms with Crippen LogP contribution in [0.15, 0.2) is 12.2 Å². The Kier molecular flexibility index (Phi) is 11.7. The first-order valence-corrected chi connectivity index (χ1v) is 6.46. The van der Waals surface area contributed by atoms with E-state index in [0.29, 0.717) is 0 Å². The van der Waals surface area contributed by atoms with E-state index in [2.05, 4.69) is 43.7 Å². The molecule has 1 unspecified atom stereocenters. The summed E-state index contributed by atoms with van der Waals surface area (Å²) in [6.07, 6.45) is 14.2. The first kappa shape index (κ1) is 14.3. The van der Waals surface area contributed by atoms with Crippen LogP contribution in [0.2, 0.25) is 5.09 Å². The summed E-state index contributed by atoms with van der Waals surface area (Å²) in [5.41, 5.74) is 0. The standard InChI is InChI=1S/C13H25.Li/c1-4-6-7-8-9-10-11-12-13(3)5-2;/h7-8,13H,1,4-6,9-12H2,2-3H3;/b8-7+;. The predicted octanol–water partition coefficient (Wildman–Crippen LogP) is 4.52. The van der Waals surface area contributed by atoms with Crippen LogP contribution in [0, 0.1) is 5.92 Å². The molecule has 0 bridgehead atoms. The second-order valence-electron chi connectivity index (χ2n) is 4.41. The van der Waals surface area contributed by atoms with E-state index in [9.17, 15) is 0 Å². The van der Waals surface area contributed by atoms with E-state index in [1.54, 1.807) is 0 Å². The van der Waals surface area contributed by atoms with Gasteiger partial charge in [0.05, 0.1) is 0 Å². The van der Waals surface area contributed by atoms with Gasteiger partial charge in [0.15, 0.2) is 0 Å². The molecule has 0 saturated heterocycles. The molecule has 1 heteroatoms. The van der Waals surface area contributed by atoms with Crippen LogP contribution < -0.4 is 0 Å². The molecule has 0 aliphatic heterocycles. The molecule has 0 saturated carbocycles. The third-order valence-corrected chi connectivity index (χ3v) is 2.91. The molecule has 0 amide bonds. The van der Waals surface area contributed by atoms with Gasteiger partial charge in [-0.3, -0.25) is 0 Å². The van der Waals surface area contributed by atoms with Gasteiger partial charge >= 0.3 is 99.7 Å². The van der Waals surface area contributed by atoms with Gasteiger partial charge in [-0.05, 0) is 0 Å². The molecule has 0 spiro atoms. The van der Waals surface area contributed by atoms with Crippen molar-refractivity contribution in [1.29, 1.82) is 0 Å². The number of hydrogen-bond donors (Lipinski definition) is 0. The maximum absolute atomic E-state index is 2.37. The predicted molar refractivity (Wildman–Crippen MR) is 66.9 cm³/mol. The normalized spacial score (nSPS) is 13.7. The molecule has 0 aromatic rings. The van der Waals surface area contributed by atoms with Crippen LogP contribution in [0.25, 0.3) is 0 Å². The summed E-state index contributed by atoms with van der Waals surface area (Å²) in [4.78, 5) is 0. The average molecular weight is 188 g/mol. The molecular formula is C13H25Li. The summed E-state index contributed by atoms with van der Waals surface area (Å²) in [6.45, 7) is 4.65. The van der Waals surface area contributed by atoms with Crippen LogP contribution in [0.3, 0.4) is 0 Å². The van der Waals surface area contributed by atoms with E-state index in [-0.39, 0.29) is 0 Å². The van der Waals surface area contributed by atoms with Crippen molar-refractivity contribution in [1.82, 2.24) is 0 Å². The first-order chi connectivity index (χ1) is 6.81. The Morgan fingerprint density at radius 2 is 1.71 bits per heavy atom. The van der Waals surface area contributed by atoms with Gasteiger partial charge in [-0.2, -0.15) is 0 Å². The zero-order chi connectivity index (χ0) is 10.6. The second-order valence-corrected chi connectivity index (χ2v) is 4.41. The molecule has 0 aromatic carbocycles. The molecule has 0 heterocycles. The van der Waals surface area contributed by atoms with E-state index >= 15 is 0 Å². The van der Waals surface area contributed by atoms with Gasteiger partial charge in [-0.1, -0.05) is 0 Å². The topological polar surface area (TPSA) is 0 Å². The van der Waals surface area contributed by atoms with Crippen molar-refractivity contribution in [3.05, 3.63) is 12.2 Å². The van der Waals surface area contributed by atoms with E-state index in [1.807, 2.05) is 0 Å². The number of unbranched alkanes of at least 4 members (excludes halogenated alkanes) is 3. The SMILES string of the molecule is [Li][CH2]CC/C=C/CCCCC(C)CC. The molecule has 78 valence electrons. The Labute approximate surface area is 99.8 Å². The second kappa shape index (κ2) is 11.4. The van der Waals surface area contributed by atoms with Gasteiger partial charge in [0.2, 0.25) is 0 Å². The fourth-order valence-electron chi connectivity index (χ4n) is 1.52. The summed E-state index contributed by atoms with van der Waals surface area (Å²) >= 11 is 2.25. The van der Waals surface area contributed by atoms with Gasteiger partial charge in [-0.15, -0.1) is 0 Å². The maximum atomic E-state index is 2.37. The number of hydrogen-bond acceptors (Lipinski definition) is 0. The van der Waals surface area contributed by atoms with Crippen molar-refractivity contribution in [2.75, 3.05) is 0 Å². The summed E-state index contributed by atoms with van der Waals surface area (Å²) in [5.74, 6) is 0.930. The van der Waals surface area contributed by atoms with Crippen molar-refractivity contribution >= 4 is 17.7 Å². The summed E-state index contributed by atoms with van der Waals surface area (Å²) in [5, 5.41) is 1.32. The fraction of sp³-hybridized carbons (Fsp3) is 0.846. The first-order valence-electron chi connectivity index (χ1n) is 6.46. The Hall–Kier alpha value is 0.337. The van der Waals surface area contributed by atoms with Gasteiger partial charge in [0.25, 0.3) is 0 Å². The van der Waals surface area contributed by atoms with Crippen molar-refractivity contribution < 1.29 is 0 Å². The quantitative estimate of drug-likeness (QED) is 0.283. The van der Waals surface area contributed by atoms with Gasteiger partial charge in [-0.25, -0.2) is 0 Å². The van der Waals surface area contributed by atoms with Crippen LogP contribution >= 0.6 is 0 Å². The van der Waals surface area contributed by atoms with E-state index in [0.717, 1.165) is 5.92 Å². The monoisotopic (exact) mass is 188 g/mol. The molecule has 0 aromatic heterocycles. The van der Waals surface area contributed by atoms with Crippen LogP contribution in [0.5, 0.6) is 0 Å². The molecule has 0 aliphatic carbocycles. The van der Waals surface area contributed by atoms with Gasteiger partial charge < -0.3 is 0 Å². The zero-order valence-corrected chi connectivity index (χ0v) is 10.4. The van der Waals surface area contributed by atoms with Crippen LogP contribution in [0.4, 0.5) is 0 Å². The van der Waals surface area contributed by atoms with Crippen molar-refractivity contribution in [2.24, 2.45) is 5.92 Å². The molecule has 0 rings (SSSR count). The fourth-order valence-corrected chi connectivity index (χ4v) is 1.52. The number of allylic oxidation sites excluding steroid dienone is 2. The summed E-state index contributed by atoms with van der Waals surface area (Å²) in [6, 6.07) is 0. The molecule has 1 atom stereocenters. The molecule has 0 nitrogen and oxygen atoms in total. The average Bonchev–Trinajstić information content (AvgIpc) is 2.21. The van der Waals surface area contributed by atoms with Crippen LogP contribution in [-0.4, -0.2) is 17.7 Å². The molecule has 14 heavy (non-hydrogen) atoms. The summed E-state index contributed by atoms with van der Waals surface area (Å²) < 4.78 is 0. The van der Waals surface area contributed by atoms with E-state index in [4.69, 9.17) is 0 Å². The minimum atomic E-state index is 0.930. The minimum absolute atomic E-state index is 0.930. The van der Waals surface area contributed by atoms with Crippen molar-refractivity contribution in [2.45, 2.75) is 63.9 Å². The molecule has 0 aliphatic rings. The zero-order valence-electron chi connectivity index (χ0n) is 10.4. The van der Waals surface area contributed by atoms with Crippen LogP contribution in [0.1, 0.15) is 58.8 Å². The third-order valence-electron chi connectivity index (χ3n) is 2.91. The third kappa shape index (κ3) is 10.4. The summed E-state index contributed by atoms with van der Waals surface area (Å²) in [7, 11) is 0. The molecule has 0 fully saturated rings. The Balaban J connectivity index is 3.08. The molecule has 0 N–H and O–H groups in total. The Morgan fingerprint density at radius 1 is 1.07 bits per heavy atom. The van der Waals surface area contributed by atoms with Gasteiger partial charge in [0.1, 0.15) is 0 Å². The molecular weight excluding hydrogens is 163 g/mol. The van der Waals surface area contributed by atoms with Crippen molar-refractivity contribution in [3.8, 4) is 0 Å². The van der Waals surface area contributed by atoms with E-state index in [1.165, 1.54) is 50.0 Å². The number of rotatable bonds is 9. The Bertz CT molecular complexity index is 129. The van der Waals surface area contributed by atoms with Crippen molar-refractivity contribution in [3.63, 3.8) is 0 Å².